The van der Waals surface area contributed by atoms with Gasteiger partial charge in [-0.3, -0.25) is 4.68 Å². The van der Waals surface area contributed by atoms with E-state index in [9.17, 15) is 8.78 Å². The summed E-state index contributed by atoms with van der Waals surface area (Å²) in [6.07, 6.45) is 1.47. The van der Waals surface area contributed by atoms with Gasteiger partial charge in [-0.1, -0.05) is 13.8 Å². The Morgan fingerprint density at radius 3 is 2.26 bits per heavy atom. The van der Waals surface area contributed by atoms with Crippen molar-refractivity contribution in [1.82, 2.24) is 9.78 Å². The minimum Gasteiger partial charge on any atom is -0.396 e. The van der Waals surface area contributed by atoms with Gasteiger partial charge >= 0.3 is 0 Å². The second-order valence-electron chi connectivity index (χ2n) is 4.45. The highest BCUT2D eigenvalue weighted by atomic mass is 19.1. The van der Waals surface area contributed by atoms with E-state index < -0.39 is 11.6 Å². The van der Waals surface area contributed by atoms with Gasteiger partial charge in [-0.25, -0.2) is 8.78 Å². The monoisotopic (exact) mass is 265 g/mol. The Bertz CT molecular complexity index is 570. The normalized spacial score (nSPS) is 10.9. The van der Waals surface area contributed by atoms with Crippen LogP contribution in [-0.4, -0.2) is 9.78 Å². The Kier molecular flexibility index (Phi) is 3.83. The maximum absolute atomic E-state index is 13.2. The number of aromatic nitrogens is 2. The number of nitrogens with zero attached hydrogens (tertiary/aromatic N) is 2. The van der Waals surface area contributed by atoms with Crippen LogP contribution in [-0.2, 0) is 19.4 Å². The van der Waals surface area contributed by atoms with Gasteiger partial charge in [0.05, 0.1) is 23.6 Å². The zero-order valence-corrected chi connectivity index (χ0v) is 11.1. The van der Waals surface area contributed by atoms with E-state index in [4.69, 9.17) is 5.73 Å². The van der Waals surface area contributed by atoms with Crippen molar-refractivity contribution in [2.75, 3.05) is 5.73 Å². The van der Waals surface area contributed by atoms with Crippen molar-refractivity contribution in [1.29, 1.82) is 0 Å². The molecule has 0 aliphatic carbocycles. The third-order valence-electron chi connectivity index (χ3n) is 3.10. The average Bonchev–Trinajstić information content (AvgIpc) is 2.63. The van der Waals surface area contributed by atoms with Gasteiger partial charge in [0, 0.05) is 6.07 Å². The molecule has 1 heterocycles. The van der Waals surface area contributed by atoms with Crippen LogP contribution in [0.15, 0.2) is 18.2 Å². The van der Waals surface area contributed by atoms with Gasteiger partial charge in [0.25, 0.3) is 0 Å². The number of nitrogens with two attached hydrogens (primary N) is 1. The molecule has 3 nitrogen and oxygen atoms in total. The molecule has 2 aromatic rings. The second kappa shape index (κ2) is 5.38. The average molecular weight is 265 g/mol. The number of hydrogen-bond donors (Lipinski definition) is 1. The molecule has 1 aromatic carbocycles. The van der Waals surface area contributed by atoms with Crippen LogP contribution in [0.1, 0.15) is 30.8 Å². The van der Waals surface area contributed by atoms with Crippen LogP contribution in [0.4, 0.5) is 14.5 Å². The summed E-state index contributed by atoms with van der Waals surface area (Å²) >= 11 is 0. The minimum atomic E-state index is -0.580. The molecule has 0 fully saturated rings. The van der Waals surface area contributed by atoms with Crippen LogP contribution < -0.4 is 5.73 Å². The number of anilines is 1. The summed E-state index contributed by atoms with van der Waals surface area (Å²) in [6, 6.07) is 3.48. The summed E-state index contributed by atoms with van der Waals surface area (Å²) in [4.78, 5) is 0. The van der Waals surface area contributed by atoms with Crippen molar-refractivity contribution < 1.29 is 8.78 Å². The lowest BCUT2D eigenvalue weighted by molar-refractivity contribution is 0.571. The van der Waals surface area contributed by atoms with E-state index in [1.807, 2.05) is 13.8 Å². The molecule has 2 rings (SSSR count). The molecule has 0 atom stereocenters. The van der Waals surface area contributed by atoms with Crippen LogP contribution in [0, 0.1) is 11.6 Å². The number of hydrogen-bond acceptors (Lipinski definition) is 2. The van der Waals surface area contributed by atoms with E-state index in [1.54, 1.807) is 4.68 Å². The van der Waals surface area contributed by atoms with Crippen molar-refractivity contribution in [2.24, 2.45) is 0 Å². The lowest BCUT2D eigenvalue weighted by Crippen LogP contribution is -2.07. The lowest BCUT2D eigenvalue weighted by Gasteiger charge is -2.07. The third kappa shape index (κ3) is 2.75. The van der Waals surface area contributed by atoms with E-state index in [0.29, 0.717) is 17.8 Å². The molecule has 5 heteroatoms. The molecule has 0 aliphatic heterocycles. The Morgan fingerprint density at radius 1 is 1.11 bits per heavy atom. The zero-order valence-electron chi connectivity index (χ0n) is 11.1. The first kappa shape index (κ1) is 13.5. The first-order valence-corrected chi connectivity index (χ1v) is 6.34. The summed E-state index contributed by atoms with van der Waals surface area (Å²) in [7, 11) is 0. The van der Waals surface area contributed by atoms with Gasteiger partial charge < -0.3 is 5.73 Å². The fraction of sp³-hybridized carbons (Fsp3) is 0.357. The van der Waals surface area contributed by atoms with Gasteiger partial charge in [0.15, 0.2) is 0 Å². The Hall–Kier alpha value is -1.91. The van der Waals surface area contributed by atoms with Gasteiger partial charge in [0.2, 0.25) is 0 Å². The maximum Gasteiger partial charge on any atom is 0.126 e. The number of rotatable bonds is 4. The van der Waals surface area contributed by atoms with Gasteiger partial charge in [-0.15, -0.1) is 0 Å². The fourth-order valence-corrected chi connectivity index (χ4v) is 2.21. The standard InChI is InChI=1S/C14H17F2N3/c1-3-12-14(17)13(4-2)19(18-12)8-9-5-10(15)7-11(16)6-9/h5-7H,3-4,8,17H2,1-2H3. The molecule has 2 N–H and O–H groups in total. The van der Waals surface area contributed by atoms with Crippen LogP contribution in [0.5, 0.6) is 0 Å². The van der Waals surface area contributed by atoms with Crippen LogP contribution in [0.2, 0.25) is 0 Å². The predicted octanol–water partition coefficient (Wildman–Crippen LogP) is 2.92. The van der Waals surface area contributed by atoms with E-state index in [0.717, 1.165) is 30.3 Å². The molecule has 0 unspecified atom stereocenters. The summed E-state index contributed by atoms with van der Waals surface area (Å²) < 4.78 is 28.1. The Balaban J connectivity index is 2.37. The van der Waals surface area contributed by atoms with Crippen molar-refractivity contribution in [3.05, 3.63) is 46.8 Å². The minimum absolute atomic E-state index is 0.321. The first-order valence-electron chi connectivity index (χ1n) is 6.34. The molecule has 19 heavy (non-hydrogen) atoms. The molecule has 0 aliphatic rings. The van der Waals surface area contributed by atoms with Crippen molar-refractivity contribution in [3.8, 4) is 0 Å². The van der Waals surface area contributed by atoms with E-state index >= 15 is 0 Å². The molecule has 0 saturated carbocycles. The van der Waals surface area contributed by atoms with Crippen LogP contribution >= 0.6 is 0 Å². The molecular formula is C14H17F2N3. The quantitative estimate of drug-likeness (QED) is 0.923. The summed E-state index contributed by atoms with van der Waals surface area (Å²) in [5.74, 6) is -1.16. The largest absolute Gasteiger partial charge is 0.396 e. The van der Waals surface area contributed by atoms with Crippen molar-refractivity contribution in [3.63, 3.8) is 0 Å². The van der Waals surface area contributed by atoms with Gasteiger partial charge in [0.1, 0.15) is 11.6 Å². The van der Waals surface area contributed by atoms with E-state index in [2.05, 4.69) is 5.10 Å². The molecule has 0 spiro atoms. The number of aryl methyl sites for hydroxylation is 1. The first-order chi connectivity index (χ1) is 9.05. The van der Waals surface area contributed by atoms with Gasteiger partial charge in [-0.2, -0.15) is 5.10 Å². The highest BCUT2D eigenvalue weighted by Crippen LogP contribution is 2.20. The van der Waals surface area contributed by atoms with Crippen LogP contribution in [0.25, 0.3) is 0 Å². The smallest absolute Gasteiger partial charge is 0.126 e. The molecular weight excluding hydrogens is 248 g/mol. The van der Waals surface area contributed by atoms with Crippen LogP contribution in [0.3, 0.4) is 0 Å². The van der Waals surface area contributed by atoms with Crippen molar-refractivity contribution in [2.45, 2.75) is 33.2 Å². The van der Waals surface area contributed by atoms with Crippen molar-refractivity contribution >= 4 is 5.69 Å². The molecule has 102 valence electrons. The molecule has 0 radical (unpaired) electrons. The Morgan fingerprint density at radius 2 is 1.74 bits per heavy atom. The molecule has 0 saturated heterocycles. The van der Waals surface area contributed by atoms with E-state index in [1.165, 1.54) is 12.1 Å². The highest BCUT2D eigenvalue weighted by Gasteiger charge is 2.13. The third-order valence-corrected chi connectivity index (χ3v) is 3.10. The van der Waals surface area contributed by atoms with Gasteiger partial charge in [-0.05, 0) is 30.5 Å². The Labute approximate surface area is 111 Å². The topological polar surface area (TPSA) is 43.8 Å². The second-order valence-corrected chi connectivity index (χ2v) is 4.45. The molecule has 1 aromatic heterocycles. The summed E-state index contributed by atoms with van der Waals surface area (Å²) in [5.41, 5.74) is 8.96. The number of halogens is 2. The molecule has 0 bridgehead atoms. The predicted molar refractivity (Wildman–Crippen MR) is 70.9 cm³/mol. The number of benzene rings is 1. The van der Waals surface area contributed by atoms with E-state index in [-0.39, 0.29) is 0 Å². The zero-order chi connectivity index (χ0) is 14.0. The lowest BCUT2D eigenvalue weighted by atomic mass is 10.2. The highest BCUT2D eigenvalue weighted by molar-refractivity contribution is 5.48. The SMILES string of the molecule is CCc1nn(Cc2cc(F)cc(F)c2)c(CC)c1N. The summed E-state index contributed by atoms with van der Waals surface area (Å²) in [5, 5.41) is 4.40. The maximum atomic E-state index is 13.2. The fourth-order valence-electron chi connectivity index (χ4n) is 2.21. The number of nitrogen functional groups attached to an aromatic ring is 1. The summed E-state index contributed by atoms with van der Waals surface area (Å²) in [6.45, 7) is 4.28. The molecule has 0 amide bonds.